The SMILES string of the molecule is CCC(=O)c1ccc(OCc2ccc(S(=O)(=O)N3CCOCC3)cc2)cc1. The molecule has 3 rings (SSSR count). The summed E-state index contributed by atoms with van der Waals surface area (Å²) in [5.74, 6) is 0.756. The lowest BCUT2D eigenvalue weighted by Crippen LogP contribution is -2.40. The van der Waals surface area contributed by atoms with Crippen molar-refractivity contribution in [2.75, 3.05) is 26.3 Å². The Morgan fingerprint density at radius 1 is 1.04 bits per heavy atom. The highest BCUT2D eigenvalue weighted by Crippen LogP contribution is 2.19. The van der Waals surface area contributed by atoms with Gasteiger partial charge in [0.2, 0.25) is 10.0 Å². The topological polar surface area (TPSA) is 72.9 Å². The molecule has 2 aromatic carbocycles. The number of hydrogen-bond donors (Lipinski definition) is 0. The first-order valence-electron chi connectivity index (χ1n) is 8.93. The largest absolute Gasteiger partial charge is 0.489 e. The van der Waals surface area contributed by atoms with Crippen LogP contribution < -0.4 is 4.74 Å². The molecule has 2 aromatic rings. The van der Waals surface area contributed by atoms with E-state index in [0.717, 1.165) is 5.56 Å². The molecular formula is C20H23NO5S. The van der Waals surface area contributed by atoms with Gasteiger partial charge in [-0.25, -0.2) is 8.42 Å². The summed E-state index contributed by atoms with van der Waals surface area (Å²) in [6, 6.07) is 13.7. The molecule has 0 atom stereocenters. The Balaban J connectivity index is 1.61. The molecule has 0 spiro atoms. The monoisotopic (exact) mass is 389 g/mol. The summed E-state index contributed by atoms with van der Waals surface area (Å²) in [4.78, 5) is 11.9. The van der Waals surface area contributed by atoms with Crippen LogP contribution >= 0.6 is 0 Å². The van der Waals surface area contributed by atoms with Gasteiger partial charge in [0.1, 0.15) is 12.4 Å². The molecule has 0 unspecified atom stereocenters. The predicted octanol–water partition coefficient (Wildman–Crippen LogP) is 2.88. The van der Waals surface area contributed by atoms with Gasteiger partial charge in [0.05, 0.1) is 18.1 Å². The molecule has 7 heteroatoms. The Bertz CT molecular complexity index is 870. The molecule has 0 aliphatic carbocycles. The highest BCUT2D eigenvalue weighted by atomic mass is 32.2. The van der Waals surface area contributed by atoms with E-state index in [2.05, 4.69) is 0 Å². The predicted molar refractivity (Wildman–Crippen MR) is 101 cm³/mol. The second-order valence-corrected chi connectivity index (χ2v) is 8.19. The number of carbonyl (C=O) groups excluding carboxylic acids is 1. The lowest BCUT2D eigenvalue weighted by Gasteiger charge is -2.26. The van der Waals surface area contributed by atoms with Gasteiger partial charge in [0.25, 0.3) is 0 Å². The van der Waals surface area contributed by atoms with Crippen molar-refractivity contribution >= 4 is 15.8 Å². The van der Waals surface area contributed by atoms with Crippen LogP contribution in [-0.4, -0.2) is 44.8 Å². The Morgan fingerprint density at radius 3 is 2.26 bits per heavy atom. The van der Waals surface area contributed by atoms with Crippen molar-refractivity contribution in [2.45, 2.75) is 24.8 Å². The van der Waals surface area contributed by atoms with Crippen LogP contribution in [0.4, 0.5) is 0 Å². The van der Waals surface area contributed by atoms with E-state index in [9.17, 15) is 13.2 Å². The third kappa shape index (κ3) is 4.74. The Morgan fingerprint density at radius 2 is 1.67 bits per heavy atom. The minimum absolute atomic E-state index is 0.0959. The molecule has 1 aliphatic rings. The van der Waals surface area contributed by atoms with Crippen molar-refractivity contribution < 1.29 is 22.7 Å². The molecule has 6 nitrogen and oxygen atoms in total. The third-order valence-electron chi connectivity index (χ3n) is 4.43. The van der Waals surface area contributed by atoms with Gasteiger partial charge in [-0.1, -0.05) is 19.1 Å². The summed E-state index contributed by atoms with van der Waals surface area (Å²) >= 11 is 0. The number of ether oxygens (including phenoxy) is 2. The van der Waals surface area contributed by atoms with E-state index in [0.29, 0.717) is 50.6 Å². The standard InChI is InChI=1S/C20H23NO5S/c1-2-20(22)17-5-7-18(8-6-17)26-15-16-3-9-19(10-4-16)27(23,24)21-11-13-25-14-12-21/h3-10H,2,11-15H2,1H3. The van der Waals surface area contributed by atoms with Gasteiger partial charge in [0.15, 0.2) is 5.78 Å². The fourth-order valence-electron chi connectivity index (χ4n) is 2.80. The van der Waals surface area contributed by atoms with Crippen LogP contribution in [-0.2, 0) is 21.4 Å². The quantitative estimate of drug-likeness (QED) is 0.681. The Labute approximate surface area is 159 Å². The number of carbonyl (C=O) groups is 1. The smallest absolute Gasteiger partial charge is 0.243 e. The summed E-state index contributed by atoms with van der Waals surface area (Å²) in [6.45, 7) is 3.75. The number of morpholine rings is 1. The van der Waals surface area contributed by atoms with Gasteiger partial charge in [-0.15, -0.1) is 0 Å². The van der Waals surface area contributed by atoms with Crippen molar-refractivity contribution in [3.63, 3.8) is 0 Å². The van der Waals surface area contributed by atoms with Gasteiger partial charge < -0.3 is 9.47 Å². The number of benzene rings is 2. The normalized spacial score (nSPS) is 15.4. The second-order valence-electron chi connectivity index (χ2n) is 6.25. The summed E-state index contributed by atoms with van der Waals surface area (Å²) in [7, 11) is -3.48. The number of sulfonamides is 1. The molecule has 1 aliphatic heterocycles. The summed E-state index contributed by atoms with van der Waals surface area (Å²) < 4.78 is 37.6. The Kier molecular flexibility index (Phi) is 6.26. The van der Waals surface area contributed by atoms with Crippen LogP contribution in [0.3, 0.4) is 0 Å². The molecule has 1 heterocycles. The van der Waals surface area contributed by atoms with Crippen molar-refractivity contribution in [1.29, 1.82) is 0 Å². The van der Waals surface area contributed by atoms with Crippen LogP contribution in [0.15, 0.2) is 53.4 Å². The number of hydrogen-bond acceptors (Lipinski definition) is 5. The zero-order valence-electron chi connectivity index (χ0n) is 15.3. The molecule has 144 valence electrons. The van der Waals surface area contributed by atoms with E-state index in [1.165, 1.54) is 4.31 Å². The molecule has 1 saturated heterocycles. The second kappa shape index (κ2) is 8.65. The van der Waals surface area contributed by atoms with E-state index in [-0.39, 0.29) is 10.7 Å². The van der Waals surface area contributed by atoms with Crippen LogP contribution in [0.25, 0.3) is 0 Å². The summed E-state index contributed by atoms with van der Waals surface area (Å²) in [5.41, 5.74) is 1.53. The average molecular weight is 389 g/mol. The first kappa shape index (κ1) is 19.5. The zero-order chi connectivity index (χ0) is 19.3. The minimum Gasteiger partial charge on any atom is -0.489 e. The maximum atomic E-state index is 12.6. The fourth-order valence-corrected chi connectivity index (χ4v) is 4.21. The number of rotatable bonds is 7. The van der Waals surface area contributed by atoms with E-state index < -0.39 is 10.0 Å². The molecular weight excluding hydrogens is 366 g/mol. The third-order valence-corrected chi connectivity index (χ3v) is 6.35. The number of nitrogens with zero attached hydrogens (tertiary/aromatic N) is 1. The molecule has 27 heavy (non-hydrogen) atoms. The molecule has 0 saturated carbocycles. The van der Waals surface area contributed by atoms with Gasteiger partial charge in [-0.3, -0.25) is 4.79 Å². The highest BCUT2D eigenvalue weighted by molar-refractivity contribution is 7.89. The molecule has 0 N–H and O–H groups in total. The molecule has 0 radical (unpaired) electrons. The molecule has 0 aromatic heterocycles. The average Bonchev–Trinajstić information content (AvgIpc) is 2.73. The van der Waals surface area contributed by atoms with E-state index in [4.69, 9.17) is 9.47 Å². The first-order valence-corrected chi connectivity index (χ1v) is 10.4. The van der Waals surface area contributed by atoms with Crippen molar-refractivity contribution in [1.82, 2.24) is 4.31 Å². The first-order chi connectivity index (χ1) is 13.0. The summed E-state index contributed by atoms with van der Waals surface area (Å²) in [6.07, 6.45) is 0.472. The molecule has 0 bridgehead atoms. The lowest BCUT2D eigenvalue weighted by atomic mass is 10.1. The van der Waals surface area contributed by atoms with Crippen LogP contribution in [0.1, 0.15) is 29.3 Å². The van der Waals surface area contributed by atoms with Crippen molar-refractivity contribution in [2.24, 2.45) is 0 Å². The van der Waals surface area contributed by atoms with Gasteiger partial charge in [-0.2, -0.15) is 4.31 Å². The van der Waals surface area contributed by atoms with E-state index in [1.54, 1.807) is 48.5 Å². The number of Topliss-reactive ketones (excluding diaryl/α,β-unsaturated/α-hetero) is 1. The molecule has 1 fully saturated rings. The maximum absolute atomic E-state index is 12.6. The van der Waals surface area contributed by atoms with Crippen molar-refractivity contribution in [3.05, 3.63) is 59.7 Å². The van der Waals surface area contributed by atoms with Crippen molar-refractivity contribution in [3.8, 4) is 5.75 Å². The van der Waals surface area contributed by atoms with Crippen LogP contribution in [0.2, 0.25) is 0 Å². The van der Waals surface area contributed by atoms with Crippen LogP contribution in [0.5, 0.6) is 5.75 Å². The fraction of sp³-hybridized carbons (Fsp3) is 0.350. The zero-order valence-corrected chi connectivity index (χ0v) is 16.1. The minimum atomic E-state index is -3.48. The lowest BCUT2D eigenvalue weighted by molar-refractivity contribution is 0.0730. The maximum Gasteiger partial charge on any atom is 0.243 e. The van der Waals surface area contributed by atoms with E-state index in [1.807, 2.05) is 6.92 Å². The number of ketones is 1. The van der Waals surface area contributed by atoms with Crippen LogP contribution in [0, 0.1) is 0 Å². The summed E-state index contributed by atoms with van der Waals surface area (Å²) in [5, 5.41) is 0. The Hall–Kier alpha value is -2.22. The van der Waals surface area contributed by atoms with Gasteiger partial charge in [0, 0.05) is 25.1 Å². The van der Waals surface area contributed by atoms with Gasteiger partial charge in [-0.05, 0) is 42.0 Å². The van der Waals surface area contributed by atoms with Gasteiger partial charge >= 0.3 is 0 Å². The van der Waals surface area contributed by atoms with E-state index >= 15 is 0 Å². The highest BCUT2D eigenvalue weighted by Gasteiger charge is 2.26. The molecule has 0 amide bonds.